The van der Waals surface area contributed by atoms with Crippen LogP contribution >= 0.6 is 0 Å². The lowest BCUT2D eigenvalue weighted by Gasteiger charge is -2.24. The molecule has 0 bridgehead atoms. The van der Waals surface area contributed by atoms with Gasteiger partial charge in [0, 0.05) is 25.6 Å². The molecule has 1 N–H and O–H groups in total. The fourth-order valence-electron chi connectivity index (χ4n) is 2.04. The zero-order valence-electron chi connectivity index (χ0n) is 8.84. The first-order valence-corrected chi connectivity index (χ1v) is 5.14. The van der Waals surface area contributed by atoms with Crippen molar-refractivity contribution in [3.8, 4) is 0 Å². The van der Waals surface area contributed by atoms with Crippen molar-refractivity contribution in [2.24, 2.45) is 5.92 Å². The van der Waals surface area contributed by atoms with Crippen LogP contribution in [0.3, 0.4) is 0 Å². The summed E-state index contributed by atoms with van der Waals surface area (Å²) >= 11 is 0. The maximum atomic E-state index is 11.6. The Morgan fingerprint density at radius 2 is 2.31 bits per heavy atom. The highest BCUT2D eigenvalue weighted by Gasteiger charge is 2.34. The van der Waals surface area contributed by atoms with Crippen LogP contribution in [0.25, 0.3) is 0 Å². The molecular weight excluding hydrogens is 164 g/mol. The Labute approximate surface area is 80.5 Å². The number of hydrogen-bond donors (Lipinski definition) is 1. The van der Waals surface area contributed by atoms with Gasteiger partial charge < -0.3 is 10.2 Å². The number of likely N-dealkylation sites (tertiary alicyclic amines) is 1. The second-order valence-corrected chi connectivity index (χ2v) is 3.80. The third-order valence-corrected chi connectivity index (χ3v) is 3.06. The summed E-state index contributed by atoms with van der Waals surface area (Å²) in [6, 6.07) is 0.436. The van der Waals surface area contributed by atoms with E-state index >= 15 is 0 Å². The van der Waals surface area contributed by atoms with Crippen LogP contribution in [0, 0.1) is 5.92 Å². The molecule has 0 aromatic rings. The Morgan fingerprint density at radius 1 is 1.62 bits per heavy atom. The summed E-state index contributed by atoms with van der Waals surface area (Å²) in [5.41, 5.74) is 0. The second kappa shape index (κ2) is 4.61. The lowest BCUT2D eigenvalue weighted by atomic mass is 9.99. The molecule has 2 atom stereocenters. The van der Waals surface area contributed by atoms with Crippen LogP contribution in [-0.4, -0.2) is 37.0 Å². The summed E-state index contributed by atoms with van der Waals surface area (Å²) in [6.45, 7) is 6.07. The molecule has 0 aromatic heterocycles. The third kappa shape index (κ3) is 2.21. The highest BCUT2D eigenvalue weighted by atomic mass is 16.2. The zero-order chi connectivity index (χ0) is 9.84. The van der Waals surface area contributed by atoms with Crippen molar-refractivity contribution < 1.29 is 4.79 Å². The third-order valence-electron chi connectivity index (χ3n) is 3.06. The number of nitrogens with one attached hydrogen (secondary N) is 1. The van der Waals surface area contributed by atoms with Gasteiger partial charge in [0.25, 0.3) is 0 Å². The van der Waals surface area contributed by atoms with Crippen molar-refractivity contribution in [2.45, 2.75) is 32.7 Å². The van der Waals surface area contributed by atoms with Gasteiger partial charge in [0.15, 0.2) is 0 Å². The van der Waals surface area contributed by atoms with E-state index in [4.69, 9.17) is 0 Å². The average molecular weight is 184 g/mol. The molecule has 1 heterocycles. The van der Waals surface area contributed by atoms with Gasteiger partial charge in [0.05, 0.1) is 0 Å². The summed E-state index contributed by atoms with van der Waals surface area (Å²) in [7, 11) is 1.92. The van der Waals surface area contributed by atoms with Crippen LogP contribution in [0.15, 0.2) is 0 Å². The molecule has 1 amide bonds. The monoisotopic (exact) mass is 184 g/mol. The molecule has 76 valence electrons. The Morgan fingerprint density at radius 3 is 2.77 bits per heavy atom. The average Bonchev–Trinajstić information content (AvgIpc) is 2.39. The molecule has 13 heavy (non-hydrogen) atoms. The van der Waals surface area contributed by atoms with Gasteiger partial charge >= 0.3 is 0 Å². The summed E-state index contributed by atoms with van der Waals surface area (Å²) in [4.78, 5) is 13.6. The van der Waals surface area contributed by atoms with E-state index in [1.165, 1.54) is 0 Å². The molecular formula is C10H20N2O. The van der Waals surface area contributed by atoms with Crippen LogP contribution in [0.2, 0.25) is 0 Å². The Kier molecular flexibility index (Phi) is 3.72. The number of hydrogen-bond acceptors (Lipinski definition) is 2. The van der Waals surface area contributed by atoms with E-state index in [9.17, 15) is 4.79 Å². The summed E-state index contributed by atoms with van der Waals surface area (Å²) in [5, 5.41) is 3.07. The molecule has 0 aliphatic carbocycles. The summed E-state index contributed by atoms with van der Waals surface area (Å²) in [6.07, 6.45) is 1.87. The van der Waals surface area contributed by atoms with E-state index in [0.29, 0.717) is 17.9 Å². The second-order valence-electron chi connectivity index (χ2n) is 3.80. The van der Waals surface area contributed by atoms with Crippen LogP contribution in [-0.2, 0) is 4.79 Å². The number of amides is 1. The van der Waals surface area contributed by atoms with Gasteiger partial charge in [-0.3, -0.25) is 4.79 Å². The van der Waals surface area contributed by atoms with E-state index in [0.717, 1.165) is 25.9 Å². The topological polar surface area (TPSA) is 32.3 Å². The predicted octanol–water partition coefficient (Wildman–Crippen LogP) is 0.853. The molecule has 0 radical (unpaired) electrons. The zero-order valence-corrected chi connectivity index (χ0v) is 8.84. The fourth-order valence-corrected chi connectivity index (χ4v) is 2.04. The number of carbonyl (C=O) groups excluding carboxylic acids is 1. The van der Waals surface area contributed by atoms with Crippen LogP contribution in [0.1, 0.15) is 26.7 Å². The van der Waals surface area contributed by atoms with Gasteiger partial charge in [0.2, 0.25) is 5.91 Å². The number of nitrogens with zero attached hydrogens (tertiary/aromatic N) is 1. The maximum absolute atomic E-state index is 11.6. The molecule has 3 nitrogen and oxygen atoms in total. The minimum Gasteiger partial charge on any atom is -0.338 e. The Bertz CT molecular complexity index is 182. The first-order chi connectivity index (χ1) is 6.20. The normalized spacial score (nSPS) is 28.5. The van der Waals surface area contributed by atoms with Crippen LogP contribution in [0.5, 0.6) is 0 Å². The smallest absolute Gasteiger partial charge is 0.223 e. The Hall–Kier alpha value is -0.570. The molecule has 0 aromatic carbocycles. The largest absolute Gasteiger partial charge is 0.338 e. The van der Waals surface area contributed by atoms with Crippen molar-refractivity contribution in [2.75, 3.05) is 20.1 Å². The van der Waals surface area contributed by atoms with E-state index in [-0.39, 0.29) is 0 Å². The SMILES string of the molecule is CCC1CC(=O)N(CCNC)C1C. The molecule has 1 aliphatic rings. The fraction of sp³-hybridized carbons (Fsp3) is 0.900. The Balaban J connectivity index is 2.49. The molecule has 0 spiro atoms. The predicted molar refractivity (Wildman–Crippen MR) is 53.5 cm³/mol. The van der Waals surface area contributed by atoms with Gasteiger partial charge in [-0.25, -0.2) is 0 Å². The van der Waals surface area contributed by atoms with E-state index in [2.05, 4.69) is 19.2 Å². The van der Waals surface area contributed by atoms with E-state index in [1.54, 1.807) is 0 Å². The minimum absolute atomic E-state index is 0.328. The van der Waals surface area contributed by atoms with Crippen molar-refractivity contribution in [3.05, 3.63) is 0 Å². The first-order valence-electron chi connectivity index (χ1n) is 5.14. The molecule has 1 fully saturated rings. The van der Waals surface area contributed by atoms with Gasteiger partial charge in [0.1, 0.15) is 0 Å². The van der Waals surface area contributed by atoms with Crippen molar-refractivity contribution in [1.82, 2.24) is 10.2 Å². The van der Waals surface area contributed by atoms with Crippen molar-refractivity contribution >= 4 is 5.91 Å². The lowest BCUT2D eigenvalue weighted by molar-refractivity contribution is -0.128. The maximum Gasteiger partial charge on any atom is 0.223 e. The van der Waals surface area contributed by atoms with E-state index in [1.807, 2.05) is 11.9 Å². The van der Waals surface area contributed by atoms with Gasteiger partial charge in [-0.15, -0.1) is 0 Å². The first kappa shape index (κ1) is 10.5. The van der Waals surface area contributed by atoms with Gasteiger partial charge in [-0.1, -0.05) is 13.3 Å². The molecule has 1 saturated heterocycles. The van der Waals surface area contributed by atoms with Crippen LogP contribution < -0.4 is 5.32 Å². The number of rotatable bonds is 4. The molecule has 1 aliphatic heterocycles. The number of likely N-dealkylation sites (N-methyl/N-ethyl adjacent to an activating group) is 1. The van der Waals surface area contributed by atoms with E-state index < -0.39 is 0 Å². The summed E-state index contributed by atoms with van der Waals surface area (Å²) in [5.74, 6) is 0.902. The molecule has 2 unspecified atom stereocenters. The highest BCUT2D eigenvalue weighted by Crippen LogP contribution is 2.26. The molecule has 1 rings (SSSR count). The number of carbonyl (C=O) groups is 1. The van der Waals surface area contributed by atoms with Crippen LogP contribution in [0.4, 0.5) is 0 Å². The van der Waals surface area contributed by atoms with Crippen molar-refractivity contribution in [3.63, 3.8) is 0 Å². The minimum atomic E-state index is 0.328. The van der Waals surface area contributed by atoms with Gasteiger partial charge in [-0.2, -0.15) is 0 Å². The van der Waals surface area contributed by atoms with Gasteiger partial charge in [-0.05, 0) is 19.9 Å². The molecule has 0 saturated carbocycles. The molecule has 3 heteroatoms. The lowest BCUT2D eigenvalue weighted by Crippen LogP contribution is -2.37. The quantitative estimate of drug-likeness (QED) is 0.702. The highest BCUT2D eigenvalue weighted by molar-refractivity contribution is 5.79. The summed E-state index contributed by atoms with van der Waals surface area (Å²) < 4.78 is 0. The standard InChI is InChI=1S/C10H20N2O/c1-4-9-7-10(13)12(8(9)2)6-5-11-3/h8-9,11H,4-7H2,1-3H3. The van der Waals surface area contributed by atoms with Crippen molar-refractivity contribution in [1.29, 1.82) is 0 Å².